The first kappa shape index (κ1) is 17.9. The Labute approximate surface area is 145 Å². The Kier molecular flexibility index (Phi) is 5.53. The molecular weight excluding hydrogens is 334 g/mol. The van der Waals surface area contributed by atoms with E-state index in [2.05, 4.69) is 10.4 Å². The number of piperazine rings is 1. The van der Waals surface area contributed by atoms with Crippen LogP contribution in [0.2, 0.25) is 0 Å². The van der Waals surface area contributed by atoms with Gasteiger partial charge in [-0.3, -0.25) is 14.9 Å². The van der Waals surface area contributed by atoms with E-state index in [1.807, 2.05) is 6.92 Å². The van der Waals surface area contributed by atoms with Gasteiger partial charge in [0.1, 0.15) is 0 Å². The number of rotatable bonds is 3. The minimum absolute atomic E-state index is 0. The first-order valence-electron chi connectivity index (χ1n) is 7.38. The molecule has 24 heavy (non-hydrogen) atoms. The van der Waals surface area contributed by atoms with Gasteiger partial charge >= 0.3 is 0 Å². The van der Waals surface area contributed by atoms with Crippen LogP contribution >= 0.6 is 12.4 Å². The van der Waals surface area contributed by atoms with Gasteiger partial charge in [0.15, 0.2) is 5.69 Å². The lowest BCUT2D eigenvalue weighted by atomic mass is 10.2. The van der Waals surface area contributed by atoms with E-state index < -0.39 is 4.92 Å². The molecule has 2 aromatic rings. The average molecular weight is 352 g/mol. The summed E-state index contributed by atoms with van der Waals surface area (Å²) < 4.78 is 1.48. The monoisotopic (exact) mass is 351 g/mol. The van der Waals surface area contributed by atoms with Crippen molar-refractivity contribution in [1.29, 1.82) is 0 Å². The second kappa shape index (κ2) is 7.41. The van der Waals surface area contributed by atoms with Crippen LogP contribution in [0, 0.1) is 10.1 Å². The lowest BCUT2D eigenvalue weighted by Crippen LogP contribution is -2.52. The molecule has 3 rings (SSSR count). The smallest absolute Gasteiger partial charge is 0.274 e. The molecule has 9 heteroatoms. The number of hydrogen-bond acceptors (Lipinski definition) is 5. The molecule has 1 amide bonds. The van der Waals surface area contributed by atoms with Crippen molar-refractivity contribution in [1.82, 2.24) is 20.0 Å². The van der Waals surface area contributed by atoms with E-state index in [9.17, 15) is 14.9 Å². The number of halogens is 1. The Hall–Kier alpha value is -2.45. The van der Waals surface area contributed by atoms with E-state index in [-0.39, 0.29) is 30.0 Å². The summed E-state index contributed by atoms with van der Waals surface area (Å²) in [7, 11) is 0. The first-order valence-corrected chi connectivity index (χ1v) is 7.38. The summed E-state index contributed by atoms with van der Waals surface area (Å²) in [4.78, 5) is 24.7. The maximum atomic E-state index is 12.5. The van der Waals surface area contributed by atoms with Crippen molar-refractivity contribution in [3.8, 4) is 5.69 Å². The molecule has 0 radical (unpaired) electrons. The van der Waals surface area contributed by atoms with Gasteiger partial charge < -0.3 is 10.2 Å². The highest BCUT2D eigenvalue weighted by Gasteiger charge is 2.25. The highest BCUT2D eigenvalue weighted by atomic mass is 35.5. The van der Waals surface area contributed by atoms with E-state index in [4.69, 9.17) is 0 Å². The molecule has 1 fully saturated rings. The van der Waals surface area contributed by atoms with Gasteiger partial charge in [-0.15, -0.1) is 12.4 Å². The van der Waals surface area contributed by atoms with Crippen molar-refractivity contribution in [3.05, 3.63) is 52.3 Å². The van der Waals surface area contributed by atoms with Gasteiger partial charge in [-0.1, -0.05) is 6.07 Å². The first-order chi connectivity index (χ1) is 11.1. The third kappa shape index (κ3) is 3.55. The number of nitro benzene ring substituents is 1. The van der Waals surface area contributed by atoms with Crippen LogP contribution in [0.15, 0.2) is 36.5 Å². The number of hydrogen-bond donors (Lipinski definition) is 1. The Balaban J connectivity index is 0.00000208. The molecule has 1 atom stereocenters. The van der Waals surface area contributed by atoms with Crippen molar-refractivity contribution in [3.63, 3.8) is 0 Å². The summed E-state index contributed by atoms with van der Waals surface area (Å²) in [6.07, 6.45) is 1.64. The highest BCUT2D eigenvalue weighted by molar-refractivity contribution is 5.92. The summed E-state index contributed by atoms with van der Waals surface area (Å²) in [5, 5.41) is 18.4. The average Bonchev–Trinajstić information content (AvgIpc) is 3.05. The maximum absolute atomic E-state index is 12.5. The zero-order valence-electron chi connectivity index (χ0n) is 13.1. The van der Waals surface area contributed by atoms with Gasteiger partial charge in [0.2, 0.25) is 0 Å². The number of non-ortho nitro benzene ring substituents is 1. The van der Waals surface area contributed by atoms with Crippen LogP contribution in [0.1, 0.15) is 17.4 Å². The molecule has 1 aliphatic rings. The number of benzene rings is 1. The van der Waals surface area contributed by atoms with E-state index in [1.54, 1.807) is 29.3 Å². The normalized spacial score (nSPS) is 17.2. The number of nitro groups is 1. The van der Waals surface area contributed by atoms with Gasteiger partial charge in [-0.05, 0) is 19.1 Å². The molecule has 1 N–H and O–H groups in total. The van der Waals surface area contributed by atoms with Crippen LogP contribution in [-0.2, 0) is 0 Å². The van der Waals surface area contributed by atoms with Crippen molar-refractivity contribution in [2.75, 3.05) is 19.6 Å². The molecule has 0 bridgehead atoms. The third-order valence-electron chi connectivity index (χ3n) is 3.88. The van der Waals surface area contributed by atoms with Gasteiger partial charge in [0, 0.05) is 44.0 Å². The third-order valence-corrected chi connectivity index (χ3v) is 3.88. The van der Waals surface area contributed by atoms with Gasteiger partial charge in [0.25, 0.3) is 11.6 Å². The molecule has 1 aromatic carbocycles. The largest absolute Gasteiger partial charge is 0.332 e. The van der Waals surface area contributed by atoms with E-state index >= 15 is 0 Å². The molecule has 128 valence electrons. The molecule has 1 aliphatic heterocycles. The second-order valence-corrected chi connectivity index (χ2v) is 5.47. The Bertz CT molecular complexity index is 748. The molecule has 0 unspecified atom stereocenters. The van der Waals surface area contributed by atoms with Crippen LogP contribution < -0.4 is 5.32 Å². The Morgan fingerprint density at radius 2 is 2.21 bits per heavy atom. The zero-order chi connectivity index (χ0) is 16.4. The van der Waals surface area contributed by atoms with Crippen LogP contribution in [0.4, 0.5) is 5.69 Å². The van der Waals surface area contributed by atoms with Crippen molar-refractivity contribution in [2.45, 2.75) is 13.0 Å². The number of carbonyl (C=O) groups excluding carboxylic acids is 1. The van der Waals surface area contributed by atoms with Crippen molar-refractivity contribution in [2.24, 2.45) is 0 Å². The SMILES string of the molecule is C[C@@H]1CNCCN1C(=O)c1ccn(-c2cccc([N+](=O)[O-])c2)n1.Cl. The topological polar surface area (TPSA) is 93.3 Å². The Morgan fingerprint density at radius 3 is 2.92 bits per heavy atom. The predicted octanol–water partition coefficient (Wildman–Crippen LogP) is 1.64. The standard InChI is InChI=1S/C15H17N5O3.ClH/c1-11-10-16-6-8-18(11)15(21)14-5-7-19(17-14)12-3-2-4-13(9-12)20(22)23;/h2-5,7,9,11,16H,6,8,10H2,1H3;1H/t11-;/m1./s1. The van der Waals surface area contributed by atoms with Gasteiger partial charge in [-0.2, -0.15) is 5.10 Å². The second-order valence-electron chi connectivity index (χ2n) is 5.47. The summed E-state index contributed by atoms with van der Waals surface area (Å²) in [5.41, 5.74) is 0.874. The number of nitrogens with one attached hydrogen (secondary N) is 1. The molecule has 0 saturated carbocycles. The minimum atomic E-state index is -0.457. The fourth-order valence-corrected chi connectivity index (χ4v) is 2.62. The molecule has 8 nitrogen and oxygen atoms in total. The van der Waals surface area contributed by atoms with Crippen LogP contribution in [0.25, 0.3) is 5.69 Å². The summed E-state index contributed by atoms with van der Waals surface area (Å²) in [6.45, 7) is 4.16. The number of nitrogens with zero attached hydrogens (tertiary/aromatic N) is 4. The van der Waals surface area contributed by atoms with Crippen molar-refractivity contribution < 1.29 is 9.72 Å². The minimum Gasteiger partial charge on any atom is -0.332 e. The maximum Gasteiger partial charge on any atom is 0.274 e. The molecular formula is C15H18ClN5O3. The molecule has 1 aromatic heterocycles. The molecule has 0 spiro atoms. The zero-order valence-corrected chi connectivity index (χ0v) is 13.9. The summed E-state index contributed by atoms with van der Waals surface area (Å²) >= 11 is 0. The Morgan fingerprint density at radius 1 is 1.42 bits per heavy atom. The van der Waals surface area contributed by atoms with Gasteiger partial charge in [0.05, 0.1) is 10.6 Å². The fraction of sp³-hybridized carbons (Fsp3) is 0.333. The van der Waals surface area contributed by atoms with E-state index in [1.165, 1.54) is 16.8 Å². The summed E-state index contributed by atoms with van der Waals surface area (Å²) in [5.74, 6) is -0.122. The van der Waals surface area contributed by atoms with Crippen LogP contribution in [-0.4, -0.2) is 51.2 Å². The molecule has 1 saturated heterocycles. The summed E-state index contributed by atoms with van der Waals surface area (Å²) in [6, 6.07) is 7.89. The van der Waals surface area contributed by atoms with Crippen LogP contribution in [0.5, 0.6) is 0 Å². The number of carbonyl (C=O) groups is 1. The van der Waals surface area contributed by atoms with E-state index in [0.29, 0.717) is 17.9 Å². The van der Waals surface area contributed by atoms with E-state index in [0.717, 1.165) is 13.1 Å². The lowest BCUT2D eigenvalue weighted by molar-refractivity contribution is -0.384. The van der Waals surface area contributed by atoms with Crippen LogP contribution in [0.3, 0.4) is 0 Å². The lowest BCUT2D eigenvalue weighted by Gasteiger charge is -2.33. The van der Waals surface area contributed by atoms with Crippen molar-refractivity contribution >= 4 is 24.0 Å². The highest BCUT2D eigenvalue weighted by Crippen LogP contribution is 2.17. The number of amides is 1. The predicted molar refractivity (Wildman–Crippen MR) is 90.8 cm³/mol. The quantitative estimate of drug-likeness (QED) is 0.670. The molecule has 0 aliphatic carbocycles. The fourth-order valence-electron chi connectivity index (χ4n) is 2.62. The molecule has 2 heterocycles. The number of aromatic nitrogens is 2. The van der Waals surface area contributed by atoms with Gasteiger partial charge in [-0.25, -0.2) is 4.68 Å².